The van der Waals surface area contributed by atoms with Crippen molar-refractivity contribution in [2.24, 2.45) is 0 Å². The van der Waals surface area contributed by atoms with Crippen molar-refractivity contribution in [3.63, 3.8) is 0 Å². The first kappa shape index (κ1) is 13.7. The van der Waals surface area contributed by atoms with E-state index in [4.69, 9.17) is 4.98 Å². The minimum atomic E-state index is -0.205. The summed E-state index contributed by atoms with van der Waals surface area (Å²) in [5.74, 6) is -0.205. The van der Waals surface area contributed by atoms with Crippen LogP contribution in [0.15, 0.2) is 60.7 Å². The number of halogens is 1. The largest absolute Gasteiger partial charge is 0.311 e. The Balaban J connectivity index is 1.88. The second-order valence-electron chi connectivity index (χ2n) is 5.10. The highest BCUT2D eigenvalue weighted by Crippen LogP contribution is 2.20. The summed E-state index contributed by atoms with van der Waals surface area (Å²) in [6.45, 7) is 0. The number of hydrogen-bond acceptors (Lipinski definition) is 2. The molecule has 21 heavy (non-hydrogen) atoms. The molecule has 3 heteroatoms. The van der Waals surface area contributed by atoms with Crippen molar-refractivity contribution in [2.45, 2.75) is 12.5 Å². The first-order valence-electron chi connectivity index (χ1n) is 7.03. The minimum absolute atomic E-state index is 0.111. The molecule has 2 nitrogen and oxygen atoms in total. The molecule has 1 atom stereocenters. The molecule has 0 aliphatic rings. The van der Waals surface area contributed by atoms with Gasteiger partial charge in [0.15, 0.2) is 0 Å². The smallest absolute Gasteiger partial charge is 0.123 e. The quantitative estimate of drug-likeness (QED) is 0.784. The predicted molar refractivity (Wildman–Crippen MR) is 83.6 cm³/mol. The van der Waals surface area contributed by atoms with E-state index in [1.807, 2.05) is 43.4 Å². The van der Waals surface area contributed by atoms with E-state index in [0.29, 0.717) is 0 Å². The van der Waals surface area contributed by atoms with Gasteiger partial charge in [-0.1, -0.05) is 36.4 Å². The lowest BCUT2D eigenvalue weighted by molar-refractivity contribution is 0.576. The Bertz CT molecular complexity index is 738. The van der Waals surface area contributed by atoms with Crippen molar-refractivity contribution in [3.05, 3.63) is 77.7 Å². The maximum atomic E-state index is 13.0. The van der Waals surface area contributed by atoms with Crippen LogP contribution in [-0.4, -0.2) is 12.0 Å². The summed E-state index contributed by atoms with van der Waals surface area (Å²) in [7, 11) is 1.92. The van der Waals surface area contributed by atoms with Crippen molar-refractivity contribution < 1.29 is 4.39 Å². The van der Waals surface area contributed by atoms with Crippen molar-refractivity contribution in [2.75, 3.05) is 7.05 Å². The number of fused-ring (bicyclic) bond motifs is 1. The minimum Gasteiger partial charge on any atom is -0.311 e. The van der Waals surface area contributed by atoms with Crippen molar-refractivity contribution >= 4 is 10.9 Å². The molecule has 0 bridgehead atoms. The third kappa shape index (κ3) is 3.09. The molecule has 1 aromatic heterocycles. The maximum absolute atomic E-state index is 13.0. The molecule has 0 spiro atoms. The molecule has 0 radical (unpaired) electrons. The molecule has 0 saturated heterocycles. The molecule has 2 aromatic carbocycles. The Hall–Kier alpha value is -2.26. The molecule has 1 unspecified atom stereocenters. The summed E-state index contributed by atoms with van der Waals surface area (Å²) in [5, 5.41) is 4.43. The van der Waals surface area contributed by atoms with Crippen LogP contribution in [-0.2, 0) is 6.42 Å². The van der Waals surface area contributed by atoms with Gasteiger partial charge >= 0.3 is 0 Å². The van der Waals surface area contributed by atoms with E-state index in [1.165, 1.54) is 12.1 Å². The number of likely N-dealkylation sites (N-methyl/N-ethyl adjacent to an activating group) is 1. The third-order valence-corrected chi connectivity index (χ3v) is 3.68. The number of benzene rings is 2. The lowest BCUT2D eigenvalue weighted by Gasteiger charge is -2.16. The number of pyridine rings is 1. The summed E-state index contributed by atoms with van der Waals surface area (Å²) in [6.07, 6.45) is 0.780. The zero-order valence-corrected chi connectivity index (χ0v) is 11.9. The lowest BCUT2D eigenvalue weighted by Crippen LogP contribution is -2.20. The number of aromatic nitrogens is 1. The molecule has 106 valence electrons. The van der Waals surface area contributed by atoms with Gasteiger partial charge in [-0.15, -0.1) is 0 Å². The van der Waals surface area contributed by atoms with Gasteiger partial charge in [0.25, 0.3) is 0 Å². The van der Waals surface area contributed by atoms with Crippen molar-refractivity contribution in [3.8, 4) is 0 Å². The van der Waals surface area contributed by atoms with Gasteiger partial charge in [-0.2, -0.15) is 0 Å². The van der Waals surface area contributed by atoms with Gasteiger partial charge in [0.1, 0.15) is 5.82 Å². The predicted octanol–water partition coefficient (Wildman–Crippen LogP) is 3.88. The molecule has 0 amide bonds. The summed E-state index contributed by atoms with van der Waals surface area (Å²) in [5.41, 5.74) is 3.08. The first-order chi connectivity index (χ1) is 10.3. The van der Waals surface area contributed by atoms with Crippen LogP contribution in [0, 0.1) is 5.82 Å². The van der Waals surface area contributed by atoms with Crippen LogP contribution >= 0.6 is 0 Å². The van der Waals surface area contributed by atoms with Crippen LogP contribution < -0.4 is 5.32 Å². The van der Waals surface area contributed by atoms with Gasteiger partial charge < -0.3 is 5.32 Å². The SMILES string of the molecule is CNC(Cc1ccc(F)cc1)c1ccc2ccccc2n1. The van der Waals surface area contributed by atoms with Gasteiger partial charge in [-0.3, -0.25) is 4.98 Å². The highest BCUT2D eigenvalue weighted by atomic mass is 19.1. The summed E-state index contributed by atoms with van der Waals surface area (Å²) >= 11 is 0. The zero-order valence-electron chi connectivity index (χ0n) is 11.9. The fourth-order valence-corrected chi connectivity index (χ4v) is 2.49. The van der Waals surface area contributed by atoms with E-state index in [-0.39, 0.29) is 11.9 Å². The van der Waals surface area contributed by atoms with Crippen LogP contribution in [0.1, 0.15) is 17.3 Å². The molecule has 1 N–H and O–H groups in total. The molecule has 1 heterocycles. The van der Waals surface area contributed by atoms with E-state index in [9.17, 15) is 4.39 Å². The molecule has 0 aliphatic carbocycles. The van der Waals surface area contributed by atoms with Gasteiger partial charge in [0.2, 0.25) is 0 Å². The van der Waals surface area contributed by atoms with Crippen molar-refractivity contribution in [1.29, 1.82) is 0 Å². The molecular formula is C18H17FN2. The van der Waals surface area contributed by atoms with Gasteiger partial charge in [-0.05, 0) is 43.3 Å². The van der Waals surface area contributed by atoms with E-state index < -0.39 is 0 Å². The Morgan fingerprint density at radius 3 is 2.52 bits per heavy atom. The fraction of sp³-hybridized carbons (Fsp3) is 0.167. The Kier molecular flexibility index (Phi) is 3.93. The Morgan fingerprint density at radius 1 is 1.00 bits per heavy atom. The standard InChI is InChI=1S/C18H17FN2/c1-20-18(12-13-6-9-15(19)10-7-13)17-11-8-14-4-2-3-5-16(14)21-17/h2-11,18,20H,12H2,1H3. The van der Waals surface area contributed by atoms with Crippen LogP contribution in [0.4, 0.5) is 4.39 Å². The highest BCUT2D eigenvalue weighted by molar-refractivity contribution is 5.78. The number of para-hydroxylation sites is 1. The Labute approximate surface area is 123 Å². The molecule has 0 saturated carbocycles. The zero-order chi connectivity index (χ0) is 14.7. The second kappa shape index (κ2) is 6.02. The van der Waals surface area contributed by atoms with Crippen LogP contribution in [0.25, 0.3) is 10.9 Å². The third-order valence-electron chi connectivity index (χ3n) is 3.68. The Morgan fingerprint density at radius 2 is 1.76 bits per heavy atom. The maximum Gasteiger partial charge on any atom is 0.123 e. The second-order valence-corrected chi connectivity index (χ2v) is 5.10. The number of nitrogens with one attached hydrogen (secondary N) is 1. The van der Waals surface area contributed by atoms with Crippen LogP contribution in [0.5, 0.6) is 0 Å². The van der Waals surface area contributed by atoms with E-state index in [0.717, 1.165) is 28.6 Å². The number of hydrogen-bond donors (Lipinski definition) is 1. The summed E-state index contributed by atoms with van der Waals surface area (Å²) in [4.78, 5) is 4.72. The van der Waals surface area contributed by atoms with Gasteiger partial charge in [0.05, 0.1) is 17.3 Å². The van der Waals surface area contributed by atoms with Crippen molar-refractivity contribution in [1.82, 2.24) is 10.3 Å². The lowest BCUT2D eigenvalue weighted by atomic mass is 10.0. The monoisotopic (exact) mass is 280 g/mol. The van der Waals surface area contributed by atoms with E-state index >= 15 is 0 Å². The average Bonchev–Trinajstić information content (AvgIpc) is 2.54. The normalized spacial score (nSPS) is 12.5. The average molecular weight is 280 g/mol. The van der Waals surface area contributed by atoms with E-state index in [1.54, 1.807) is 0 Å². The van der Waals surface area contributed by atoms with E-state index in [2.05, 4.69) is 17.4 Å². The molecule has 0 fully saturated rings. The summed E-state index contributed by atoms with van der Waals surface area (Å²) in [6, 6.07) is 19.0. The van der Waals surface area contributed by atoms with Crippen LogP contribution in [0.2, 0.25) is 0 Å². The molecular weight excluding hydrogens is 263 g/mol. The van der Waals surface area contributed by atoms with Gasteiger partial charge in [0, 0.05) is 5.39 Å². The van der Waals surface area contributed by atoms with Gasteiger partial charge in [-0.25, -0.2) is 4.39 Å². The topological polar surface area (TPSA) is 24.9 Å². The number of nitrogens with zero attached hydrogens (tertiary/aromatic N) is 1. The fourth-order valence-electron chi connectivity index (χ4n) is 2.49. The van der Waals surface area contributed by atoms with Crippen LogP contribution in [0.3, 0.4) is 0 Å². The first-order valence-corrected chi connectivity index (χ1v) is 7.03. The summed E-state index contributed by atoms with van der Waals surface area (Å²) < 4.78 is 13.0. The molecule has 0 aliphatic heterocycles. The highest BCUT2D eigenvalue weighted by Gasteiger charge is 2.12. The number of rotatable bonds is 4. The molecule has 3 rings (SSSR count). The molecule has 3 aromatic rings.